The summed E-state index contributed by atoms with van der Waals surface area (Å²) in [5.41, 5.74) is 0.132. The molecule has 1 saturated heterocycles. The average molecular weight is 305 g/mol. The van der Waals surface area contributed by atoms with E-state index in [-0.39, 0.29) is 13.0 Å². The molecule has 0 N–H and O–H groups in total. The molecule has 0 radical (unpaired) electrons. The number of benzene rings is 1. The molecule has 0 spiro atoms. The van der Waals surface area contributed by atoms with Gasteiger partial charge in [0, 0.05) is 0 Å². The number of carbonyl (C=O) groups excluding carboxylic acids is 3. The Morgan fingerprint density at radius 2 is 1.86 bits per heavy atom. The van der Waals surface area contributed by atoms with Crippen LogP contribution in [0.1, 0.15) is 32.8 Å². The van der Waals surface area contributed by atoms with Gasteiger partial charge in [-0.1, -0.05) is 30.3 Å². The number of rotatable bonds is 3. The lowest BCUT2D eigenvalue weighted by molar-refractivity contribution is -0.172. The molecule has 6 heteroatoms. The molecule has 0 aliphatic carbocycles. The molecule has 118 valence electrons. The van der Waals surface area contributed by atoms with Crippen LogP contribution in [0.4, 0.5) is 4.79 Å². The maximum absolute atomic E-state index is 12.0. The predicted molar refractivity (Wildman–Crippen MR) is 77.7 cm³/mol. The second-order valence-corrected chi connectivity index (χ2v) is 6.06. The first-order valence-electron chi connectivity index (χ1n) is 7.03. The van der Waals surface area contributed by atoms with Crippen molar-refractivity contribution < 1.29 is 23.9 Å². The third-order valence-electron chi connectivity index (χ3n) is 3.03. The first kappa shape index (κ1) is 16.0. The van der Waals surface area contributed by atoms with Gasteiger partial charge in [0.1, 0.15) is 18.2 Å². The number of ether oxygens (including phenoxy) is 2. The third kappa shape index (κ3) is 3.84. The molecular formula is C16H19NO5. The van der Waals surface area contributed by atoms with Crippen LogP contribution < -0.4 is 0 Å². The molecule has 1 heterocycles. The summed E-state index contributed by atoms with van der Waals surface area (Å²) in [5.74, 6) is -1.03. The minimum Gasteiger partial charge on any atom is -0.458 e. The normalized spacial score (nSPS) is 17.7. The Balaban J connectivity index is 1.93. The van der Waals surface area contributed by atoms with E-state index in [2.05, 4.69) is 0 Å². The lowest BCUT2D eigenvalue weighted by atomic mass is 10.0. The van der Waals surface area contributed by atoms with E-state index in [1.54, 1.807) is 32.9 Å². The fraction of sp³-hybridized carbons (Fsp3) is 0.438. The number of hydrogen-bond donors (Lipinski definition) is 0. The summed E-state index contributed by atoms with van der Waals surface area (Å²) in [4.78, 5) is 36.3. The zero-order valence-corrected chi connectivity index (χ0v) is 12.9. The molecular weight excluding hydrogens is 286 g/mol. The number of imide groups is 1. The van der Waals surface area contributed by atoms with Crippen molar-refractivity contribution in [3.63, 3.8) is 0 Å². The van der Waals surface area contributed by atoms with E-state index >= 15 is 0 Å². The van der Waals surface area contributed by atoms with Gasteiger partial charge in [-0.25, -0.2) is 14.5 Å². The van der Waals surface area contributed by atoms with Crippen LogP contribution in [0.3, 0.4) is 0 Å². The van der Waals surface area contributed by atoms with Crippen molar-refractivity contribution in [2.75, 3.05) is 0 Å². The fourth-order valence-electron chi connectivity index (χ4n) is 1.99. The molecule has 0 unspecified atom stereocenters. The monoisotopic (exact) mass is 305 g/mol. The molecule has 0 saturated carbocycles. The Labute approximate surface area is 129 Å². The highest BCUT2D eigenvalue weighted by Crippen LogP contribution is 2.24. The second-order valence-electron chi connectivity index (χ2n) is 6.06. The predicted octanol–water partition coefficient (Wildman–Crippen LogP) is 2.27. The van der Waals surface area contributed by atoms with E-state index in [4.69, 9.17) is 9.47 Å². The van der Waals surface area contributed by atoms with E-state index in [0.717, 1.165) is 10.5 Å². The van der Waals surface area contributed by atoms with E-state index in [1.165, 1.54) is 0 Å². The summed E-state index contributed by atoms with van der Waals surface area (Å²) in [6.07, 6.45) is -0.856. The number of nitrogens with zero attached hydrogens (tertiary/aromatic N) is 1. The second kappa shape index (κ2) is 6.17. The van der Waals surface area contributed by atoms with Crippen LogP contribution in [-0.2, 0) is 25.7 Å². The third-order valence-corrected chi connectivity index (χ3v) is 3.03. The topological polar surface area (TPSA) is 72.9 Å². The fourth-order valence-corrected chi connectivity index (χ4v) is 1.99. The summed E-state index contributed by atoms with van der Waals surface area (Å²) in [5, 5.41) is 0. The molecule has 0 aromatic heterocycles. The van der Waals surface area contributed by atoms with Crippen molar-refractivity contribution >= 4 is 18.0 Å². The Kier molecular flexibility index (Phi) is 4.49. The summed E-state index contributed by atoms with van der Waals surface area (Å²) in [6, 6.07) is 8.20. The van der Waals surface area contributed by atoms with Crippen molar-refractivity contribution in [2.24, 2.45) is 0 Å². The molecule has 2 amide bonds. The van der Waals surface area contributed by atoms with Gasteiger partial charge in [-0.15, -0.1) is 0 Å². The van der Waals surface area contributed by atoms with Gasteiger partial charge < -0.3 is 9.47 Å². The van der Waals surface area contributed by atoms with Gasteiger partial charge in [0.25, 0.3) is 0 Å². The SMILES string of the molecule is CC(C)(C)OC(=O)[C@@H]1CC(=O)N1C(=O)OCc1ccccc1. The first-order chi connectivity index (χ1) is 10.3. The Bertz CT molecular complexity index is 576. The van der Waals surface area contributed by atoms with E-state index in [1.807, 2.05) is 18.2 Å². The quantitative estimate of drug-likeness (QED) is 0.632. The van der Waals surface area contributed by atoms with E-state index in [0.29, 0.717) is 0 Å². The Hall–Kier alpha value is -2.37. The molecule has 1 aliphatic rings. The highest BCUT2D eigenvalue weighted by molar-refractivity contribution is 6.04. The molecule has 1 aliphatic heterocycles. The van der Waals surface area contributed by atoms with Gasteiger partial charge in [-0.3, -0.25) is 4.79 Å². The van der Waals surface area contributed by atoms with Gasteiger partial charge in [0.15, 0.2) is 0 Å². The van der Waals surface area contributed by atoms with Crippen molar-refractivity contribution in [3.8, 4) is 0 Å². The molecule has 22 heavy (non-hydrogen) atoms. The molecule has 1 aromatic rings. The Morgan fingerprint density at radius 1 is 1.23 bits per heavy atom. The summed E-state index contributed by atoms with van der Waals surface area (Å²) in [7, 11) is 0. The highest BCUT2D eigenvalue weighted by atomic mass is 16.6. The van der Waals surface area contributed by atoms with Crippen molar-refractivity contribution in [1.29, 1.82) is 0 Å². The molecule has 0 bridgehead atoms. The smallest absolute Gasteiger partial charge is 0.417 e. The molecule has 2 rings (SSSR count). The van der Waals surface area contributed by atoms with Crippen LogP contribution in [0, 0.1) is 0 Å². The van der Waals surface area contributed by atoms with Gasteiger partial charge in [0.05, 0.1) is 6.42 Å². The number of esters is 1. The number of β-lactam (4-membered cyclic amide) rings is 1. The first-order valence-corrected chi connectivity index (χ1v) is 7.03. The van der Waals surface area contributed by atoms with E-state index < -0.39 is 29.6 Å². The summed E-state index contributed by atoms with van der Waals surface area (Å²) >= 11 is 0. The molecule has 1 fully saturated rings. The lowest BCUT2D eigenvalue weighted by Gasteiger charge is -2.37. The van der Waals surface area contributed by atoms with Crippen molar-refractivity contribution in [2.45, 2.75) is 45.4 Å². The van der Waals surface area contributed by atoms with Crippen LogP contribution in [0.15, 0.2) is 30.3 Å². The molecule has 1 atom stereocenters. The maximum Gasteiger partial charge on any atom is 0.417 e. The minimum absolute atomic E-state index is 0.0324. The van der Waals surface area contributed by atoms with Gasteiger partial charge in [-0.2, -0.15) is 0 Å². The van der Waals surface area contributed by atoms with Gasteiger partial charge >= 0.3 is 12.1 Å². The zero-order valence-electron chi connectivity index (χ0n) is 12.9. The number of carbonyl (C=O) groups is 3. The summed E-state index contributed by atoms with van der Waals surface area (Å²) in [6.45, 7) is 5.22. The average Bonchev–Trinajstić information content (AvgIpc) is 2.41. The van der Waals surface area contributed by atoms with Crippen LogP contribution in [-0.4, -0.2) is 34.5 Å². The number of amides is 2. The number of hydrogen-bond acceptors (Lipinski definition) is 5. The minimum atomic E-state index is -0.894. The Morgan fingerprint density at radius 3 is 2.41 bits per heavy atom. The number of likely N-dealkylation sites (tertiary alicyclic amines) is 1. The maximum atomic E-state index is 12.0. The van der Waals surface area contributed by atoms with Crippen molar-refractivity contribution in [1.82, 2.24) is 4.90 Å². The van der Waals surface area contributed by atoms with Crippen LogP contribution in [0.25, 0.3) is 0 Å². The zero-order chi connectivity index (χ0) is 16.3. The van der Waals surface area contributed by atoms with E-state index in [9.17, 15) is 14.4 Å². The molecule has 1 aromatic carbocycles. The summed E-state index contributed by atoms with van der Waals surface area (Å²) < 4.78 is 10.3. The van der Waals surface area contributed by atoms with Crippen molar-refractivity contribution in [3.05, 3.63) is 35.9 Å². The van der Waals surface area contributed by atoms with Crippen LogP contribution in [0.5, 0.6) is 0 Å². The van der Waals surface area contributed by atoms with Gasteiger partial charge in [-0.05, 0) is 26.3 Å². The highest BCUT2D eigenvalue weighted by Gasteiger charge is 2.48. The van der Waals surface area contributed by atoms with Crippen LogP contribution >= 0.6 is 0 Å². The largest absolute Gasteiger partial charge is 0.458 e. The molecule has 6 nitrogen and oxygen atoms in total. The lowest BCUT2D eigenvalue weighted by Crippen LogP contribution is -2.60. The van der Waals surface area contributed by atoms with Crippen LogP contribution in [0.2, 0.25) is 0 Å². The van der Waals surface area contributed by atoms with Gasteiger partial charge in [0.2, 0.25) is 5.91 Å². The standard InChI is InChI=1S/C16H19NO5/c1-16(2,3)22-14(19)12-9-13(18)17(12)15(20)21-10-11-7-5-4-6-8-11/h4-8,12H,9-10H2,1-3H3/t12-/m0/s1.